The van der Waals surface area contributed by atoms with Crippen LogP contribution in [0, 0.1) is 0 Å². The van der Waals surface area contributed by atoms with Crippen LogP contribution in [0.25, 0.3) is 11.3 Å². The minimum Gasteiger partial charge on any atom is -0.507 e. The highest BCUT2D eigenvalue weighted by molar-refractivity contribution is 5.85. The molecule has 1 atom stereocenters. The standard InChI is InChI=1S/C17H22N4O2.2ClH/c1-2-23-15-7-3-6-14(22)16(15)13-9-12(20-17(18)21-13)11-5-4-8-19-10-11;;/h3,6-7,9,11,19,22H,2,4-5,8,10H2,1H3,(H2,18,20,21);2*1H. The van der Waals surface area contributed by atoms with Crippen LogP contribution in [-0.4, -0.2) is 34.8 Å². The molecule has 1 aliphatic rings. The summed E-state index contributed by atoms with van der Waals surface area (Å²) in [7, 11) is 0. The lowest BCUT2D eigenvalue weighted by atomic mass is 9.95. The Labute approximate surface area is 160 Å². The van der Waals surface area contributed by atoms with Crippen LogP contribution in [0.3, 0.4) is 0 Å². The molecule has 0 spiro atoms. The molecule has 2 aromatic rings. The van der Waals surface area contributed by atoms with E-state index in [4.69, 9.17) is 10.5 Å². The van der Waals surface area contributed by atoms with E-state index < -0.39 is 0 Å². The third-order valence-corrected chi connectivity index (χ3v) is 4.04. The van der Waals surface area contributed by atoms with Crippen molar-refractivity contribution >= 4 is 30.8 Å². The highest BCUT2D eigenvalue weighted by atomic mass is 35.5. The third kappa shape index (κ3) is 4.87. The Hall–Kier alpha value is -1.76. The van der Waals surface area contributed by atoms with Gasteiger partial charge < -0.3 is 20.9 Å². The Morgan fingerprint density at radius 1 is 1.32 bits per heavy atom. The Kier molecular flexibility index (Phi) is 8.22. The van der Waals surface area contributed by atoms with Crippen molar-refractivity contribution in [3.05, 3.63) is 30.0 Å². The molecular formula is C17H24Cl2N4O2. The summed E-state index contributed by atoms with van der Waals surface area (Å²) in [4.78, 5) is 8.70. The number of aromatic hydroxyl groups is 1. The van der Waals surface area contributed by atoms with Crippen molar-refractivity contribution in [1.29, 1.82) is 0 Å². The summed E-state index contributed by atoms with van der Waals surface area (Å²) in [5.74, 6) is 1.25. The van der Waals surface area contributed by atoms with Gasteiger partial charge in [-0.15, -0.1) is 24.8 Å². The van der Waals surface area contributed by atoms with E-state index in [1.165, 1.54) is 0 Å². The summed E-state index contributed by atoms with van der Waals surface area (Å²) in [6.45, 7) is 4.34. The van der Waals surface area contributed by atoms with Crippen LogP contribution >= 0.6 is 24.8 Å². The second-order valence-electron chi connectivity index (χ2n) is 5.66. The number of halogens is 2. The molecule has 3 rings (SSSR count). The van der Waals surface area contributed by atoms with E-state index in [0.29, 0.717) is 29.5 Å². The second kappa shape index (κ2) is 9.65. The molecule has 0 bridgehead atoms. The number of anilines is 1. The second-order valence-corrected chi connectivity index (χ2v) is 5.66. The van der Waals surface area contributed by atoms with E-state index in [0.717, 1.165) is 31.6 Å². The van der Waals surface area contributed by atoms with Crippen LogP contribution < -0.4 is 15.8 Å². The van der Waals surface area contributed by atoms with Crippen molar-refractivity contribution in [3.63, 3.8) is 0 Å². The van der Waals surface area contributed by atoms with Gasteiger partial charge in [0.15, 0.2) is 0 Å². The van der Waals surface area contributed by atoms with Gasteiger partial charge in [0, 0.05) is 12.5 Å². The highest BCUT2D eigenvalue weighted by Crippen LogP contribution is 2.38. The largest absolute Gasteiger partial charge is 0.507 e. The molecule has 1 aromatic heterocycles. The van der Waals surface area contributed by atoms with Crippen molar-refractivity contribution in [2.45, 2.75) is 25.7 Å². The van der Waals surface area contributed by atoms with Crippen LogP contribution in [0.2, 0.25) is 0 Å². The number of hydrogen-bond acceptors (Lipinski definition) is 6. The van der Waals surface area contributed by atoms with Gasteiger partial charge >= 0.3 is 0 Å². The fraction of sp³-hybridized carbons (Fsp3) is 0.412. The van der Waals surface area contributed by atoms with Gasteiger partial charge in [-0.2, -0.15) is 0 Å². The zero-order chi connectivity index (χ0) is 16.2. The van der Waals surface area contributed by atoms with E-state index >= 15 is 0 Å². The van der Waals surface area contributed by atoms with E-state index in [1.54, 1.807) is 12.1 Å². The maximum atomic E-state index is 10.3. The van der Waals surface area contributed by atoms with E-state index in [-0.39, 0.29) is 36.5 Å². The Bertz CT molecular complexity index is 694. The van der Waals surface area contributed by atoms with Crippen LogP contribution in [0.1, 0.15) is 31.4 Å². The van der Waals surface area contributed by atoms with Gasteiger partial charge in [-0.05, 0) is 44.5 Å². The number of ether oxygens (including phenoxy) is 1. The van der Waals surface area contributed by atoms with Crippen molar-refractivity contribution in [2.24, 2.45) is 0 Å². The molecule has 4 N–H and O–H groups in total. The fourth-order valence-electron chi connectivity index (χ4n) is 2.98. The summed E-state index contributed by atoms with van der Waals surface area (Å²) in [5.41, 5.74) is 7.98. The Morgan fingerprint density at radius 2 is 2.12 bits per heavy atom. The molecule has 25 heavy (non-hydrogen) atoms. The van der Waals surface area contributed by atoms with Crippen molar-refractivity contribution in [1.82, 2.24) is 15.3 Å². The van der Waals surface area contributed by atoms with Crippen molar-refractivity contribution in [3.8, 4) is 22.8 Å². The molecular weight excluding hydrogens is 363 g/mol. The molecule has 2 heterocycles. The quantitative estimate of drug-likeness (QED) is 0.746. The summed E-state index contributed by atoms with van der Waals surface area (Å²) in [5, 5.41) is 13.6. The minimum atomic E-state index is 0. The number of phenols is 1. The first kappa shape index (κ1) is 21.3. The SMILES string of the molecule is CCOc1cccc(O)c1-c1cc(C2CCCNC2)nc(N)n1.Cl.Cl. The lowest BCUT2D eigenvalue weighted by molar-refractivity contribution is 0.339. The van der Waals surface area contributed by atoms with Gasteiger partial charge in [-0.3, -0.25) is 0 Å². The number of piperidine rings is 1. The molecule has 0 radical (unpaired) electrons. The van der Waals surface area contributed by atoms with Crippen molar-refractivity contribution in [2.75, 3.05) is 25.4 Å². The van der Waals surface area contributed by atoms with Gasteiger partial charge in [0.25, 0.3) is 0 Å². The number of hydrogen-bond donors (Lipinski definition) is 3. The number of nitrogens with two attached hydrogens (primary N) is 1. The van der Waals surface area contributed by atoms with Gasteiger partial charge in [-0.25, -0.2) is 9.97 Å². The van der Waals surface area contributed by atoms with Gasteiger partial charge in [0.05, 0.1) is 23.6 Å². The number of nitrogen functional groups attached to an aromatic ring is 1. The van der Waals surface area contributed by atoms with Gasteiger partial charge in [-0.1, -0.05) is 6.07 Å². The third-order valence-electron chi connectivity index (χ3n) is 4.04. The molecule has 8 heteroatoms. The smallest absolute Gasteiger partial charge is 0.220 e. The average Bonchev–Trinajstić information content (AvgIpc) is 2.55. The highest BCUT2D eigenvalue weighted by Gasteiger charge is 2.20. The number of rotatable bonds is 4. The Balaban J connectivity index is 0.00000156. The van der Waals surface area contributed by atoms with E-state index in [1.807, 2.05) is 19.1 Å². The minimum absolute atomic E-state index is 0. The van der Waals surface area contributed by atoms with E-state index in [2.05, 4.69) is 15.3 Å². The number of benzene rings is 1. The molecule has 1 aromatic carbocycles. The maximum Gasteiger partial charge on any atom is 0.220 e. The van der Waals surface area contributed by atoms with Crippen molar-refractivity contribution < 1.29 is 9.84 Å². The first-order chi connectivity index (χ1) is 11.2. The summed E-state index contributed by atoms with van der Waals surface area (Å²) < 4.78 is 5.62. The normalized spacial score (nSPS) is 16.4. The number of phenolic OH excluding ortho intramolecular Hbond substituents is 1. The molecule has 1 aliphatic heterocycles. The summed E-state index contributed by atoms with van der Waals surface area (Å²) in [6, 6.07) is 7.10. The molecule has 0 amide bonds. The zero-order valence-corrected chi connectivity index (χ0v) is 15.7. The first-order valence-electron chi connectivity index (χ1n) is 7.99. The van der Waals surface area contributed by atoms with Crippen LogP contribution in [0.4, 0.5) is 5.95 Å². The first-order valence-corrected chi connectivity index (χ1v) is 7.99. The molecule has 0 saturated carbocycles. The number of aromatic nitrogens is 2. The molecule has 1 saturated heterocycles. The topological polar surface area (TPSA) is 93.3 Å². The molecule has 6 nitrogen and oxygen atoms in total. The molecule has 1 unspecified atom stereocenters. The lowest BCUT2D eigenvalue weighted by Gasteiger charge is -2.23. The van der Waals surface area contributed by atoms with Crippen LogP contribution in [-0.2, 0) is 0 Å². The van der Waals surface area contributed by atoms with E-state index in [9.17, 15) is 5.11 Å². The molecule has 138 valence electrons. The predicted molar refractivity (Wildman–Crippen MR) is 104 cm³/mol. The molecule has 1 fully saturated rings. The van der Waals surface area contributed by atoms with Crippen LogP contribution in [0.15, 0.2) is 24.3 Å². The monoisotopic (exact) mass is 386 g/mol. The zero-order valence-electron chi connectivity index (χ0n) is 14.1. The lowest BCUT2D eigenvalue weighted by Crippen LogP contribution is -2.29. The molecule has 0 aliphatic carbocycles. The Morgan fingerprint density at radius 3 is 2.80 bits per heavy atom. The number of nitrogens with one attached hydrogen (secondary N) is 1. The summed E-state index contributed by atoms with van der Waals surface area (Å²) >= 11 is 0. The number of nitrogens with zero attached hydrogens (tertiary/aromatic N) is 2. The van der Waals surface area contributed by atoms with Crippen LogP contribution in [0.5, 0.6) is 11.5 Å². The maximum absolute atomic E-state index is 10.3. The summed E-state index contributed by atoms with van der Waals surface area (Å²) in [6.07, 6.45) is 2.19. The average molecular weight is 387 g/mol. The van der Waals surface area contributed by atoms with Gasteiger partial charge in [0.1, 0.15) is 11.5 Å². The predicted octanol–water partition coefficient (Wildman–Crippen LogP) is 3.14. The van der Waals surface area contributed by atoms with Gasteiger partial charge in [0.2, 0.25) is 5.95 Å². The fourth-order valence-corrected chi connectivity index (χ4v) is 2.98.